The molecule has 1 fully saturated rings. The lowest BCUT2D eigenvalue weighted by molar-refractivity contribution is -0.145. The number of thiophene rings is 1. The largest absolute Gasteiger partial charge is 0.469 e. The molecule has 2 aromatic rings. The van der Waals surface area contributed by atoms with Crippen LogP contribution in [-0.4, -0.2) is 24.1 Å². The Morgan fingerprint density at radius 3 is 3.21 bits per heavy atom. The molecule has 0 aromatic carbocycles. The SMILES string of the molecule is COC(=O)[C@H]1CC[C@@H](Nc2ccnc3ccsc23)C1. The normalized spacial score (nSPS) is 22.6. The standard InChI is InChI=1S/C14H16N2O2S/c1-18-14(17)9-2-3-10(8-9)16-12-4-6-15-11-5-7-19-13(11)12/h4-7,9-10H,2-3,8H2,1H3,(H,15,16)/t9-,10+/m0/s1. The molecule has 0 spiro atoms. The maximum absolute atomic E-state index is 11.5. The van der Waals surface area contributed by atoms with E-state index in [9.17, 15) is 4.79 Å². The third kappa shape index (κ3) is 2.42. The summed E-state index contributed by atoms with van der Waals surface area (Å²) in [5.74, 6) is -0.0385. The Morgan fingerprint density at radius 2 is 2.37 bits per heavy atom. The first kappa shape index (κ1) is 12.4. The zero-order valence-corrected chi connectivity index (χ0v) is 11.6. The molecule has 1 aliphatic carbocycles. The van der Waals surface area contributed by atoms with Gasteiger partial charge in [0.2, 0.25) is 0 Å². The Hall–Kier alpha value is -1.62. The minimum absolute atomic E-state index is 0.0446. The molecule has 100 valence electrons. The van der Waals surface area contributed by atoms with Crippen LogP contribution in [0.15, 0.2) is 23.7 Å². The Balaban J connectivity index is 1.73. The first-order valence-corrected chi connectivity index (χ1v) is 7.32. The fraction of sp³-hybridized carbons (Fsp3) is 0.429. The number of rotatable bonds is 3. The van der Waals surface area contributed by atoms with Crippen molar-refractivity contribution in [2.24, 2.45) is 5.92 Å². The Morgan fingerprint density at radius 1 is 1.47 bits per heavy atom. The van der Waals surface area contributed by atoms with Gasteiger partial charge in [-0.1, -0.05) is 0 Å². The van der Waals surface area contributed by atoms with Gasteiger partial charge in [0.25, 0.3) is 0 Å². The van der Waals surface area contributed by atoms with Gasteiger partial charge < -0.3 is 10.1 Å². The number of fused-ring (bicyclic) bond motifs is 1. The van der Waals surface area contributed by atoms with Gasteiger partial charge in [-0.3, -0.25) is 9.78 Å². The van der Waals surface area contributed by atoms with E-state index >= 15 is 0 Å². The predicted molar refractivity (Wildman–Crippen MR) is 76.4 cm³/mol. The van der Waals surface area contributed by atoms with E-state index in [1.807, 2.05) is 18.3 Å². The molecule has 0 amide bonds. The van der Waals surface area contributed by atoms with Crippen molar-refractivity contribution in [1.82, 2.24) is 4.98 Å². The van der Waals surface area contributed by atoms with Crippen LogP contribution >= 0.6 is 11.3 Å². The lowest BCUT2D eigenvalue weighted by Crippen LogP contribution is -2.18. The number of carbonyl (C=O) groups is 1. The van der Waals surface area contributed by atoms with Crippen molar-refractivity contribution in [2.75, 3.05) is 12.4 Å². The van der Waals surface area contributed by atoms with E-state index in [2.05, 4.69) is 15.7 Å². The molecule has 2 atom stereocenters. The number of nitrogens with one attached hydrogen (secondary N) is 1. The number of esters is 1. The minimum atomic E-state index is -0.0831. The summed E-state index contributed by atoms with van der Waals surface area (Å²) in [5.41, 5.74) is 2.15. The zero-order chi connectivity index (χ0) is 13.2. The molecule has 1 saturated carbocycles. The maximum atomic E-state index is 11.5. The van der Waals surface area contributed by atoms with Gasteiger partial charge in [0.1, 0.15) is 0 Å². The fourth-order valence-electron chi connectivity index (χ4n) is 2.70. The van der Waals surface area contributed by atoms with Gasteiger partial charge in [-0.2, -0.15) is 0 Å². The summed E-state index contributed by atoms with van der Waals surface area (Å²) in [6.45, 7) is 0. The Kier molecular flexibility index (Phi) is 3.38. The second-order valence-corrected chi connectivity index (χ2v) is 5.78. The van der Waals surface area contributed by atoms with Gasteiger partial charge in [0.15, 0.2) is 0 Å². The average Bonchev–Trinajstić information content (AvgIpc) is 3.07. The molecule has 2 aromatic heterocycles. The van der Waals surface area contributed by atoms with Crippen molar-refractivity contribution >= 4 is 33.2 Å². The van der Waals surface area contributed by atoms with E-state index in [0.29, 0.717) is 6.04 Å². The van der Waals surface area contributed by atoms with Crippen LogP contribution < -0.4 is 5.32 Å². The zero-order valence-electron chi connectivity index (χ0n) is 10.8. The topological polar surface area (TPSA) is 51.2 Å². The molecular weight excluding hydrogens is 260 g/mol. The summed E-state index contributed by atoms with van der Waals surface area (Å²) in [4.78, 5) is 15.9. The summed E-state index contributed by atoms with van der Waals surface area (Å²) in [5, 5.41) is 5.59. The molecular formula is C14H16N2O2S. The van der Waals surface area contributed by atoms with E-state index in [1.54, 1.807) is 11.3 Å². The van der Waals surface area contributed by atoms with Crippen LogP contribution in [0.3, 0.4) is 0 Å². The van der Waals surface area contributed by atoms with Crippen molar-refractivity contribution in [2.45, 2.75) is 25.3 Å². The lowest BCUT2D eigenvalue weighted by Gasteiger charge is -2.14. The van der Waals surface area contributed by atoms with Crippen LogP contribution in [0.4, 0.5) is 5.69 Å². The number of hydrogen-bond acceptors (Lipinski definition) is 5. The smallest absolute Gasteiger partial charge is 0.308 e. The van der Waals surface area contributed by atoms with Crippen LogP contribution in [0.2, 0.25) is 0 Å². The van der Waals surface area contributed by atoms with Crippen molar-refractivity contribution in [3.63, 3.8) is 0 Å². The monoisotopic (exact) mass is 276 g/mol. The minimum Gasteiger partial charge on any atom is -0.469 e. The van der Waals surface area contributed by atoms with Crippen LogP contribution in [-0.2, 0) is 9.53 Å². The number of hydrogen-bond donors (Lipinski definition) is 1. The van der Waals surface area contributed by atoms with Crippen LogP contribution in [0.1, 0.15) is 19.3 Å². The summed E-state index contributed by atoms with van der Waals surface area (Å²) in [6, 6.07) is 4.37. The summed E-state index contributed by atoms with van der Waals surface area (Å²) >= 11 is 1.69. The van der Waals surface area contributed by atoms with Gasteiger partial charge in [0.05, 0.1) is 28.9 Å². The number of aromatic nitrogens is 1. The maximum Gasteiger partial charge on any atom is 0.308 e. The highest BCUT2D eigenvalue weighted by atomic mass is 32.1. The van der Waals surface area contributed by atoms with E-state index in [0.717, 1.165) is 30.5 Å². The quantitative estimate of drug-likeness (QED) is 0.875. The molecule has 1 N–H and O–H groups in total. The molecule has 0 saturated heterocycles. The number of anilines is 1. The van der Waals surface area contributed by atoms with E-state index < -0.39 is 0 Å². The van der Waals surface area contributed by atoms with E-state index in [-0.39, 0.29) is 11.9 Å². The third-order valence-electron chi connectivity index (χ3n) is 3.67. The molecule has 5 heteroatoms. The van der Waals surface area contributed by atoms with E-state index in [1.165, 1.54) is 11.8 Å². The lowest BCUT2D eigenvalue weighted by atomic mass is 10.1. The Bertz CT molecular complexity index is 596. The number of nitrogens with zero attached hydrogens (tertiary/aromatic N) is 1. The first-order chi connectivity index (χ1) is 9.28. The Labute approximate surface area is 115 Å². The molecule has 0 unspecified atom stereocenters. The predicted octanol–water partition coefficient (Wildman–Crippen LogP) is 3.05. The summed E-state index contributed by atoms with van der Waals surface area (Å²) < 4.78 is 6.00. The van der Waals surface area contributed by atoms with Gasteiger partial charge in [-0.25, -0.2) is 0 Å². The molecule has 4 nitrogen and oxygen atoms in total. The fourth-order valence-corrected chi connectivity index (χ4v) is 3.53. The second-order valence-electron chi connectivity index (χ2n) is 4.87. The highest BCUT2D eigenvalue weighted by Crippen LogP contribution is 2.32. The van der Waals surface area contributed by atoms with Crippen molar-refractivity contribution in [3.8, 4) is 0 Å². The van der Waals surface area contributed by atoms with Gasteiger partial charge in [-0.05, 0) is 36.8 Å². The molecule has 0 bridgehead atoms. The summed E-state index contributed by atoms with van der Waals surface area (Å²) in [6.07, 6.45) is 4.59. The van der Waals surface area contributed by atoms with Crippen molar-refractivity contribution in [1.29, 1.82) is 0 Å². The first-order valence-electron chi connectivity index (χ1n) is 6.44. The van der Waals surface area contributed by atoms with Gasteiger partial charge >= 0.3 is 5.97 Å². The van der Waals surface area contributed by atoms with E-state index in [4.69, 9.17) is 4.74 Å². The highest BCUT2D eigenvalue weighted by molar-refractivity contribution is 7.17. The van der Waals surface area contributed by atoms with Crippen molar-refractivity contribution in [3.05, 3.63) is 23.7 Å². The average molecular weight is 276 g/mol. The molecule has 0 aliphatic heterocycles. The molecule has 3 rings (SSSR count). The van der Waals surface area contributed by atoms with Crippen LogP contribution in [0.5, 0.6) is 0 Å². The van der Waals surface area contributed by atoms with Crippen LogP contribution in [0.25, 0.3) is 10.2 Å². The number of pyridine rings is 1. The molecule has 19 heavy (non-hydrogen) atoms. The number of ether oxygens (including phenoxy) is 1. The molecule has 0 radical (unpaired) electrons. The highest BCUT2D eigenvalue weighted by Gasteiger charge is 2.30. The third-order valence-corrected chi connectivity index (χ3v) is 4.61. The van der Waals surface area contributed by atoms with Crippen molar-refractivity contribution < 1.29 is 9.53 Å². The molecule has 1 aliphatic rings. The van der Waals surface area contributed by atoms with Gasteiger partial charge in [-0.15, -0.1) is 11.3 Å². The second kappa shape index (κ2) is 5.17. The number of carbonyl (C=O) groups excluding carboxylic acids is 1. The number of methoxy groups -OCH3 is 1. The van der Waals surface area contributed by atoms with Gasteiger partial charge in [0, 0.05) is 12.2 Å². The van der Waals surface area contributed by atoms with Crippen LogP contribution in [0, 0.1) is 5.92 Å². The molecule has 2 heterocycles. The summed E-state index contributed by atoms with van der Waals surface area (Å²) in [7, 11) is 1.46.